The molecule has 6 heteroatoms. The molecule has 0 spiro atoms. The average molecular weight is 251 g/mol. The molecular weight excluding hydrogens is 242 g/mol. The molecule has 0 aliphatic rings. The van der Waals surface area contributed by atoms with Crippen LogP contribution in [0.25, 0.3) is 0 Å². The molecular formula is C11H9NO4S. The Morgan fingerprint density at radius 3 is 2.29 bits per heavy atom. The van der Waals surface area contributed by atoms with Crippen LogP contribution in [0.2, 0.25) is 0 Å². The second-order valence-electron chi connectivity index (χ2n) is 3.24. The highest BCUT2D eigenvalue weighted by Gasteiger charge is 2.08. The van der Waals surface area contributed by atoms with Crippen LogP contribution in [0.3, 0.4) is 0 Å². The Kier molecular flexibility index (Phi) is 3.08. The molecule has 0 bridgehead atoms. The van der Waals surface area contributed by atoms with Gasteiger partial charge in [-0.15, -0.1) is 0 Å². The number of benzene rings is 1. The fraction of sp³-hybridized carbons (Fsp3) is 0. The molecule has 1 aromatic heterocycles. The molecule has 2 rings (SSSR count). The van der Waals surface area contributed by atoms with Gasteiger partial charge in [-0.3, -0.25) is 9.54 Å². The molecule has 0 atom stereocenters. The zero-order valence-electron chi connectivity index (χ0n) is 8.65. The highest BCUT2D eigenvalue weighted by atomic mass is 32.2. The van der Waals surface area contributed by atoms with Crippen LogP contribution in [0.4, 0.5) is 0 Å². The number of nitrogens with zero attached hydrogens (tertiary/aromatic N) is 1. The Hall–Kier alpha value is -1.92. The topological polar surface area (TPSA) is 76.5 Å². The summed E-state index contributed by atoms with van der Waals surface area (Å²) in [6, 6.07) is 8.89. The number of aromatic nitrogens is 1. The maximum atomic E-state index is 10.8. The summed E-state index contributed by atoms with van der Waals surface area (Å²) in [5.74, 6) is 1.01. The number of rotatable bonds is 3. The largest absolute Gasteiger partial charge is 0.456 e. The third-order valence-electron chi connectivity index (χ3n) is 1.99. The second kappa shape index (κ2) is 4.52. The van der Waals surface area contributed by atoms with Gasteiger partial charge in [0.05, 0.1) is 11.1 Å². The van der Waals surface area contributed by atoms with Crippen molar-refractivity contribution in [3.63, 3.8) is 0 Å². The Labute approximate surface area is 98.5 Å². The number of hydrogen-bond acceptors (Lipinski definition) is 4. The smallest absolute Gasteiger partial charge is 0.294 e. The highest BCUT2D eigenvalue weighted by molar-refractivity contribution is 7.85. The lowest BCUT2D eigenvalue weighted by Crippen LogP contribution is -1.97. The molecule has 0 fully saturated rings. The van der Waals surface area contributed by atoms with Gasteiger partial charge in [-0.2, -0.15) is 8.42 Å². The van der Waals surface area contributed by atoms with Gasteiger partial charge in [0.25, 0.3) is 10.1 Å². The van der Waals surface area contributed by atoms with Crippen LogP contribution in [0.1, 0.15) is 0 Å². The van der Waals surface area contributed by atoms with E-state index >= 15 is 0 Å². The van der Waals surface area contributed by atoms with Crippen LogP contribution in [0, 0.1) is 0 Å². The predicted molar refractivity (Wildman–Crippen MR) is 60.6 cm³/mol. The Bertz CT molecular complexity index is 593. The van der Waals surface area contributed by atoms with E-state index in [-0.39, 0.29) is 4.90 Å². The van der Waals surface area contributed by atoms with E-state index in [0.29, 0.717) is 11.5 Å². The van der Waals surface area contributed by atoms with Gasteiger partial charge in [-0.25, -0.2) is 0 Å². The third kappa shape index (κ3) is 3.02. The minimum atomic E-state index is -4.16. The maximum Gasteiger partial charge on any atom is 0.294 e. The van der Waals surface area contributed by atoms with E-state index in [4.69, 9.17) is 9.29 Å². The summed E-state index contributed by atoms with van der Waals surface area (Å²) in [5, 5.41) is 0. The Morgan fingerprint density at radius 1 is 1.06 bits per heavy atom. The summed E-state index contributed by atoms with van der Waals surface area (Å²) < 4.78 is 35.8. The van der Waals surface area contributed by atoms with Crippen LogP contribution >= 0.6 is 0 Å². The summed E-state index contributed by atoms with van der Waals surface area (Å²) >= 11 is 0. The summed E-state index contributed by atoms with van der Waals surface area (Å²) in [5.41, 5.74) is 0. The lowest BCUT2D eigenvalue weighted by atomic mass is 10.3. The van der Waals surface area contributed by atoms with E-state index in [2.05, 4.69) is 4.98 Å². The molecule has 0 radical (unpaired) electrons. The molecule has 0 aliphatic carbocycles. The zero-order valence-corrected chi connectivity index (χ0v) is 9.46. The van der Waals surface area contributed by atoms with Gasteiger partial charge in [-0.05, 0) is 36.4 Å². The Balaban J connectivity index is 2.20. The third-order valence-corrected chi connectivity index (χ3v) is 2.86. The lowest BCUT2D eigenvalue weighted by Gasteiger charge is -2.04. The van der Waals surface area contributed by atoms with Gasteiger partial charge in [0.1, 0.15) is 11.5 Å². The molecule has 0 saturated carbocycles. The highest BCUT2D eigenvalue weighted by Crippen LogP contribution is 2.21. The minimum Gasteiger partial charge on any atom is -0.456 e. The first-order chi connectivity index (χ1) is 8.05. The molecule has 0 saturated heterocycles. The summed E-state index contributed by atoms with van der Waals surface area (Å²) in [7, 11) is -4.16. The molecule has 17 heavy (non-hydrogen) atoms. The van der Waals surface area contributed by atoms with Crippen LogP contribution in [0.5, 0.6) is 11.5 Å². The van der Waals surface area contributed by atoms with E-state index in [9.17, 15) is 8.42 Å². The summed E-state index contributed by atoms with van der Waals surface area (Å²) in [4.78, 5) is 3.71. The van der Waals surface area contributed by atoms with Crippen LogP contribution in [-0.4, -0.2) is 18.0 Å². The summed E-state index contributed by atoms with van der Waals surface area (Å²) in [6.45, 7) is 0. The Morgan fingerprint density at radius 2 is 1.76 bits per heavy atom. The second-order valence-corrected chi connectivity index (χ2v) is 4.66. The molecule has 1 heterocycles. The monoisotopic (exact) mass is 251 g/mol. The first-order valence-corrected chi connectivity index (χ1v) is 6.15. The molecule has 0 aliphatic heterocycles. The van der Waals surface area contributed by atoms with Gasteiger partial charge >= 0.3 is 0 Å². The number of pyridine rings is 1. The standard InChI is InChI=1S/C11H9NO4S/c13-17(14,15)11-5-3-9(4-6-11)16-10-2-1-7-12-8-10/h1-8H,(H,13,14,15). The van der Waals surface area contributed by atoms with Crippen molar-refractivity contribution in [2.45, 2.75) is 4.90 Å². The van der Waals surface area contributed by atoms with Crippen molar-refractivity contribution in [2.24, 2.45) is 0 Å². The normalized spacial score (nSPS) is 11.1. The van der Waals surface area contributed by atoms with Gasteiger partial charge in [0.15, 0.2) is 0 Å². The molecule has 88 valence electrons. The van der Waals surface area contributed by atoms with Crippen molar-refractivity contribution >= 4 is 10.1 Å². The maximum absolute atomic E-state index is 10.8. The first-order valence-electron chi connectivity index (χ1n) is 4.71. The van der Waals surface area contributed by atoms with Crippen molar-refractivity contribution in [1.29, 1.82) is 0 Å². The van der Waals surface area contributed by atoms with E-state index in [1.807, 2.05) is 0 Å². The van der Waals surface area contributed by atoms with Crippen LogP contribution in [0.15, 0.2) is 53.7 Å². The zero-order chi connectivity index (χ0) is 12.3. The van der Waals surface area contributed by atoms with Crippen molar-refractivity contribution in [1.82, 2.24) is 4.98 Å². The van der Waals surface area contributed by atoms with Crippen molar-refractivity contribution < 1.29 is 17.7 Å². The van der Waals surface area contributed by atoms with Crippen molar-refractivity contribution in [3.05, 3.63) is 48.8 Å². The van der Waals surface area contributed by atoms with Crippen LogP contribution < -0.4 is 4.74 Å². The molecule has 2 aromatic rings. The van der Waals surface area contributed by atoms with Gasteiger partial charge in [0, 0.05) is 6.20 Å². The predicted octanol–water partition coefficient (Wildman–Crippen LogP) is 2.12. The molecule has 1 aromatic carbocycles. The molecule has 0 unspecified atom stereocenters. The molecule has 5 nitrogen and oxygen atoms in total. The minimum absolute atomic E-state index is 0.170. The average Bonchev–Trinajstić information content (AvgIpc) is 2.30. The fourth-order valence-corrected chi connectivity index (χ4v) is 1.70. The van der Waals surface area contributed by atoms with Gasteiger partial charge in [0.2, 0.25) is 0 Å². The van der Waals surface area contributed by atoms with Gasteiger partial charge < -0.3 is 4.74 Å². The van der Waals surface area contributed by atoms with E-state index in [1.165, 1.54) is 30.5 Å². The number of hydrogen-bond donors (Lipinski definition) is 1. The fourth-order valence-electron chi connectivity index (χ4n) is 1.22. The van der Waals surface area contributed by atoms with E-state index in [1.54, 1.807) is 18.3 Å². The molecule has 1 N–H and O–H groups in total. The quantitative estimate of drug-likeness (QED) is 0.845. The first kappa shape index (κ1) is 11.6. The SMILES string of the molecule is O=S(=O)(O)c1ccc(Oc2cccnc2)cc1. The van der Waals surface area contributed by atoms with E-state index in [0.717, 1.165) is 0 Å². The van der Waals surface area contributed by atoms with Gasteiger partial charge in [-0.1, -0.05) is 0 Å². The van der Waals surface area contributed by atoms with Crippen molar-refractivity contribution in [2.75, 3.05) is 0 Å². The lowest BCUT2D eigenvalue weighted by molar-refractivity contribution is 0.476. The van der Waals surface area contributed by atoms with E-state index < -0.39 is 10.1 Å². The molecule has 0 amide bonds. The summed E-state index contributed by atoms with van der Waals surface area (Å²) in [6.07, 6.45) is 3.16. The number of ether oxygens (including phenoxy) is 1. The van der Waals surface area contributed by atoms with Crippen molar-refractivity contribution in [3.8, 4) is 11.5 Å². The van der Waals surface area contributed by atoms with Crippen LogP contribution in [-0.2, 0) is 10.1 Å².